The molecule has 1 aromatic carbocycles. The highest BCUT2D eigenvalue weighted by Crippen LogP contribution is 2.27. The first kappa shape index (κ1) is 17.3. The van der Waals surface area contributed by atoms with Crippen molar-refractivity contribution in [2.75, 3.05) is 19.6 Å². The minimum atomic E-state index is -0.850. The fourth-order valence-electron chi connectivity index (χ4n) is 3.09. The molecular formula is C17H21F2N5O. The quantitative estimate of drug-likeness (QED) is 0.921. The fourth-order valence-corrected chi connectivity index (χ4v) is 3.09. The second-order valence-corrected chi connectivity index (χ2v) is 6.28. The Bertz CT molecular complexity index is 748. The minimum Gasteiger partial charge on any atom is -0.338 e. The van der Waals surface area contributed by atoms with Crippen LogP contribution in [-0.4, -0.2) is 45.3 Å². The van der Waals surface area contributed by atoms with E-state index >= 15 is 0 Å². The van der Waals surface area contributed by atoms with E-state index in [4.69, 9.17) is 0 Å². The molecular weight excluding hydrogens is 328 g/mol. The van der Waals surface area contributed by atoms with E-state index < -0.39 is 11.6 Å². The molecule has 1 unspecified atom stereocenters. The summed E-state index contributed by atoms with van der Waals surface area (Å²) >= 11 is 0. The Kier molecular flexibility index (Phi) is 5.25. The third kappa shape index (κ3) is 4.32. The molecule has 1 N–H and O–H groups in total. The van der Waals surface area contributed by atoms with E-state index in [1.54, 1.807) is 29.0 Å². The number of hydrogen-bond acceptors (Lipinski definition) is 3. The Labute approximate surface area is 144 Å². The van der Waals surface area contributed by atoms with Crippen LogP contribution in [0.4, 0.5) is 13.6 Å². The summed E-state index contributed by atoms with van der Waals surface area (Å²) in [5.41, 5.74) is 0.731. The molecule has 0 aliphatic carbocycles. The van der Waals surface area contributed by atoms with E-state index in [1.165, 1.54) is 6.07 Å². The summed E-state index contributed by atoms with van der Waals surface area (Å²) < 4.78 is 28.1. The fraction of sp³-hybridized carbons (Fsp3) is 0.471. The van der Waals surface area contributed by atoms with Crippen LogP contribution in [0.25, 0.3) is 0 Å². The molecule has 1 atom stereocenters. The first-order chi connectivity index (χ1) is 12.0. The van der Waals surface area contributed by atoms with Gasteiger partial charge in [-0.2, -0.15) is 5.10 Å². The molecule has 1 aliphatic rings. The first-order valence-electron chi connectivity index (χ1n) is 8.35. The topological polar surface area (TPSA) is 63.1 Å². The maximum atomic E-state index is 13.4. The molecule has 0 radical (unpaired) electrons. The van der Waals surface area contributed by atoms with Crippen LogP contribution < -0.4 is 5.32 Å². The van der Waals surface area contributed by atoms with Crippen molar-refractivity contribution in [1.29, 1.82) is 0 Å². The molecule has 2 aromatic rings. The van der Waals surface area contributed by atoms with Gasteiger partial charge in [0.25, 0.3) is 0 Å². The highest BCUT2D eigenvalue weighted by Gasteiger charge is 2.25. The molecule has 0 bridgehead atoms. The van der Waals surface area contributed by atoms with Crippen molar-refractivity contribution in [2.24, 2.45) is 7.05 Å². The van der Waals surface area contributed by atoms with E-state index in [1.807, 2.05) is 0 Å². The van der Waals surface area contributed by atoms with Gasteiger partial charge in [-0.1, -0.05) is 6.07 Å². The summed E-state index contributed by atoms with van der Waals surface area (Å²) in [4.78, 5) is 18.2. The van der Waals surface area contributed by atoms with Crippen molar-refractivity contribution >= 4 is 6.03 Å². The van der Waals surface area contributed by atoms with Gasteiger partial charge in [0.2, 0.25) is 0 Å². The number of aryl methyl sites for hydroxylation is 1. The van der Waals surface area contributed by atoms with Gasteiger partial charge in [0.05, 0.1) is 0 Å². The van der Waals surface area contributed by atoms with Crippen LogP contribution in [0.1, 0.15) is 30.1 Å². The van der Waals surface area contributed by atoms with Crippen LogP contribution in [0.15, 0.2) is 24.5 Å². The van der Waals surface area contributed by atoms with Gasteiger partial charge in [-0.15, -0.1) is 0 Å². The highest BCUT2D eigenvalue weighted by atomic mass is 19.2. The predicted octanol–water partition coefficient (Wildman–Crippen LogP) is 2.22. The number of urea groups is 1. The average Bonchev–Trinajstić information content (AvgIpc) is 3.02. The summed E-state index contributed by atoms with van der Waals surface area (Å²) in [6.07, 6.45) is 3.87. The third-order valence-corrected chi connectivity index (χ3v) is 4.40. The van der Waals surface area contributed by atoms with Crippen LogP contribution in [0.2, 0.25) is 0 Å². The molecule has 1 aliphatic heterocycles. The molecule has 1 saturated heterocycles. The lowest BCUT2D eigenvalue weighted by molar-refractivity contribution is 0.179. The Morgan fingerprint density at radius 1 is 1.36 bits per heavy atom. The molecule has 134 valence electrons. The van der Waals surface area contributed by atoms with Crippen LogP contribution in [-0.2, 0) is 13.5 Å². The van der Waals surface area contributed by atoms with Crippen molar-refractivity contribution in [2.45, 2.75) is 25.2 Å². The SMILES string of the molecule is Cn1cnc(CCNC(=O)N2CCCC(c3ccc(F)c(F)c3)C2)n1. The number of nitrogens with zero attached hydrogens (tertiary/aromatic N) is 4. The molecule has 0 spiro atoms. The van der Waals surface area contributed by atoms with Gasteiger partial charge in [0.1, 0.15) is 6.33 Å². The average molecular weight is 349 g/mol. The van der Waals surface area contributed by atoms with Crippen LogP contribution in [0.5, 0.6) is 0 Å². The number of aromatic nitrogens is 3. The van der Waals surface area contributed by atoms with E-state index in [0.29, 0.717) is 31.9 Å². The van der Waals surface area contributed by atoms with E-state index in [-0.39, 0.29) is 11.9 Å². The molecule has 0 saturated carbocycles. The Morgan fingerprint density at radius 2 is 2.20 bits per heavy atom. The number of halogens is 2. The van der Waals surface area contributed by atoms with Crippen molar-refractivity contribution in [3.05, 3.63) is 47.5 Å². The van der Waals surface area contributed by atoms with Crippen LogP contribution >= 0.6 is 0 Å². The van der Waals surface area contributed by atoms with Gasteiger partial charge in [0.15, 0.2) is 17.5 Å². The number of likely N-dealkylation sites (tertiary alicyclic amines) is 1. The smallest absolute Gasteiger partial charge is 0.317 e. The molecule has 25 heavy (non-hydrogen) atoms. The molecule has 1 fully saturated rings. The maximum absolute atomic E-state index is 13.4. The molecule has 2 heterocycles. The third-order valence-electron chi connectivity index (χ3n) is 4.40. The Balaban J connectivity index is 1.53. The number of rotatable bonds is 4. The maximum Gasteiger partial charge on any atom is 0.317 e. The Hall–Kier alpha value is -2.51. The normalized spacial score (nSPS) is 17.6. The van der Waals surface area contributed by atoms with Gasteiger partial charge in [-0.05, 0) is 30.5 Å². The lowest BCUT2D eigenvalue weighted by atomic mass is 9.90. The monoisotopic (exact) mass is 349 g/mol. The molecule has 3 rings (SSSR count). The lowest BCUT2D eigenvalue weighted by Gasteiger charge is -2.33. The number of hydrogen-bond donors (Lipinski definition) is 1. The van der Waals surface area contributed by atoms with Crippen molar-refractivity contribution in [3.8, 4) is 0 Å². The lowest BCUT2D eigenvalue weighted by Crippen LogP contribution is -2.45. The van der Waals surface area contributed by atoms with Gasteiger partial charge in [-0.25, -0.2) is 18.6 Å². The van der Waals surface area contributed by atoms with Gasteiger partial charge >= 0.3 is 6.03 Å². The molecule has 2 amide bonds. The molecule has 1 aromatic heterocycles. The van der Waals surface area contributed by atoms with Crippen molar-refractivity contribution in [1.82, 2.24) is 25.0 Å². The van der Waals surface area contributed by atoms with Gasteiger partial charge in [-0.3, -0.25) is 4.68 Å². The number of amides is 2. The molecule has 6 nitrogen and oxygen atoms in total. The summed E-state index contributed by atoms with van der Waals surface area (Å²) in [6.45, 7) is 1.61. The minimum absolute atomic E-state index is 0.0204. The van der Waals surface area contributed by atoms with Gasteiger partial charge in [0, 0.05) is 39.0 Å². The predicted molar refractivity (Wildman–Crippen MR) is 88.0 cm³/mol. The van der Waals surface area contributed by atoms with Gasteiger partial charge < -0.3 is 10.2 Å². The first-order valence-corrected chi connectivity index (χ1v) is 8.35. The van der Waals surface area contributed by atoms with E-state index in [2.05, 4.69) is 15.4 Å². The summed E-state index contributed by atoms with van der Waals surface area (Å²) in [7, 11) is 1.79. The zero-order valence-corrected chi connectivity index (χ0v) is 14.1. The second kappa shape index (κ2) is 7.58. The highest BCUT2D eigenvalue weighted by molar-refractivity contribution is 5.74. The summed E-state index contributed by atoms with van der Waals surface area (Å²) in [5, 5.41) is 7.03. The number of carbonyl (C=O) groups is 1. The van der Waals surface area contributed by atoms with Crippen LogP contribution in [0.3, 0.4) is 0 Å². The standard InChI is InChI=1S/C17H21F2N5O/c1-23-11-21-16(22-23)6-7-20-17(25)24-8-2-3-13(10-24)12-4-5-14(18)15(19)9-12/h4-5,9,11,13H,2-3,6-8,10H2,1H3,(H,20,25). The number of carbonyl (C=O) groups excluding carboxylic acids is 1. The second-order valence-electron chi connectivity index (χ2n) is 6.28. The Morgan fingerprint density at radius 3 is 2.92 bits per heavy atom. The zero-order valence-electron chi connectivity index (χ0n) is 14.1. The van der Waals surface area contributed by atoms with E-state index in [0.717, 1.165) is 24.5 Å². The molecule has 8 heteroatoms. The van der Waals surface area contributed by atoms with Crippen molar-refractivity contribution < 1.29 is 13.6 Å². The number of nitrogens with one attached hydrogen (secondary N) is 1. The van der Waals surface area contributed by atoms with E-state index in [9.17, 15) is 13.6 Å². The number of benzene rings is 1. The summed E-state index contributed by atoms with van der Waals surface area (Å²) in [5.74, 6) is -0.993. The zero-order chi connectivity index (χ0) is 17.8. The van der Waals surface area contributed by atoms with Crippen LogP contribution in [0, 0.1) is 11.6 Å². The van der Waals surface area contributed by atoms with Crippen molar-refractivity contribution in [3.63, 3.8) is 0 Å². The summed E-state index contributed by atoms with van der Waals surface area (Å²) in [6, 6.07) is 3.82. The number of piperidine rings is 1. The largest absolute Gasteiger partial charge is 0.338 e.